The summed E-state index contributed by atoms with van der Waals surface area (Å²) in [5.74, 6) is 0.953. The van der Waals surface area contributed by atoms with Crippen molar-refractivity contribution in [3.63, 3.8) is 0 Å². The van der Waals surface area contributed by atoms with E-state index >= 15 is 0 Å². The molecule has 3 heteroatoms. The Morgan fingerprint density at radius 1 is 1.19 bits per heavy atom. The second-order valence-electron chi connectivity index (χ2n) is 6.35. The van der Waals surface area contributed by atoms with Crippen molar-refractivity contribution in [2.45, 2.75) is 70.7 Å². The summed E-state index contributed by atoms with van der Waals surface area (Å²) in [5.41, 5.74) is 1.28. The first-order valence-electron chi connectivity index (χ1n) is 8.14. The van der Waals surface area contributed by atoms with Crippen LogP contribution in [0.1, 0.15) is 58.1 Å². The molecule has 1 saturated carbocycles. The van der Waals surface area contributed by atoms with Crippen LogP contribution in [0.3, 0.4) is 0 Å². The molecule has 3 nitrogen and oxygen atoms in total. The standard InChI is InChI=1S/C18H29NO2/c1-13(2)21-18-10-5-7-15(11-18)14(3)19-16-8-6-9-17(12-16)20-4/h5,7,10-11,13-14,16-17,19H,6,8-9,12H2,1-4H3. The zero-order valence-electron chi connectivity index (χ0n) is 13.8. The highest BCUT2D eigenvalue weighted by Gasteiger charge is 2.23. The molecular formula is C18H29NO2. The fraction of sp³-hybridized carbons (Fsp3) is 0.667. The maximum atomic E-state index is 5.78. The monoisotopic (exact) mass is 291 g/mol. The fourth-order valence-electron chi connectivity index (χ4n) is 3.09. The number of ether oxygens (including phenoxy) is 2. The molecule has 0 aliphatic heterocycles. The van der Waals surface area contributed by atoms with Crippen molar-refractivity contribution in [1.29, 1.82) is 0 Å². The summed E-state index contributed by atoms with van der Waals surface area (Å²) < 4.78 is 11.3. The normalized spacial score (nSPS) is 24.0. The summed E-state index contributed by atoms with van der Waals surface area (Å²) in [6.07, 6.45) is 5.43. The second kappa shape index (κ2) is 7.81. The Bertz CT molecular complexity index is 433. The Morgan fingerprint density at radius 2 is 2.00 bits per heavy atom. The maximum absolute atomic E-state index is 5.78. The van der Waals surface area contributed by atoms with Gasteiger partial charge in [0.1, 0.15) is 5.75 Å². The smallest absolute Gasteiger partial charge is 0.120 e. The minimum atomic E-state index is 0.212. The van der Waals surface area contributed by atoms with Crippen LogP contribution < -0.4 is 10.1 Å². The summed E-state index contributed by atoms with van der Waals surface area (Å²) >= 11 is 0. The molecule has 2 rings (SSSR count). The predicted molar refractivity (Wildman–Crippen MR) is 86.8 cm³/mol. The SMILES string of the molecule is COC1CCCC(NC(C)c2cccc(OC(C)C)c2)C1. The Hall–Kier alpha value is -1.06. The molecule has 0 aromatic heterocycles. The Kier molecular flexibility index (Phi) is 6.07. The molecule has 0 bridgehead atoms. The zero-order valence-corrected chi connectivity index (χ0v) is 13.8. The molecule has 1 aliphatic carbocycles. The fourth-order valence-corrected chi connectivity index (χ4v) is 3.09. The highest BCUT2D eigenvalue weighted by molar-refractivity contribution is 5.30. The predicted octanol–water partition coefficient (Wildman–Crippen LogP) is 4.08. The first-order valence-corrected chi connectivity index (χ1v) is 8.14. The molecule has 21 heavy (non-hydrogen) atoms. The third-order valence-corrected chi connectivity index (χ3v) is 4.18. The second-order valence-corrected chi connectivity index (χ2v) is 6.35. The molecule has 0 amide bonds. The van der Waals surface area contributed by atoms with E-state index in [4.69, 9.17) is 9.47 Å². The third-order valence-electron chi connectivity index (χ3n) is 4.18. The molecule has 0 heterocycles. The van der Waals surface area contributed by atoms with Crippen LogP contribution in [0.4, 0.5) is 0 Å². The van der Waals surface area contributed by atoms with Crippen LogP contribution in [-0.2, 0) is 4.74 Å². The summed E-state index contributed by atoms with van der Waals surface area (Å²) in [4.78, 5) is 0. The lowest BCUT2D eigenvalue weighted by Gasteiger charge is -2.31. The van der Waals surface area contributed by atoms with Crippen molar-refractivity contribution < 1.29 is 9.47 Å². The topological polar surface area (TPSA) is 30.5 Å². The van der Waals surface area contributed by atoms with Gasteiger partial charge < -0.3 is 14.8 Å². The molecule has 0 radical (unpaired) electrons. The largest absolute Gasteiger partial charge is 0.491 e. The number of nitrogens with one attached hydrogen (secondary N) is 1. The van der Waals surface area contributed by atoms with Gasteiger partial charge in [-0.05, 0) is 64.2 Å². The van der Waals surface area contributed by atoms with E-state index in [1.807, 2.05) is 13.2 Å². The molecule has 3 unspecified atom stereocenters. The van der Waals surface area contributed by atoms with E-state index in [-0.39, 0.29) is 6.10 Å². The van der Waals surface area contributed by atoms with Crippen LogP contribution in [0.15, 0.2) is 24.3 Å². The van der Waals surface area contributed by atoms with E-state index < -0.39 is 0 Å². The summed E-state index contributed by atoms with van der Waals surface area (Å²) in [7, 11) is 1.82. The molecule has 0 spiro atoms. The molecule has 1 fully saturated rings. The van der Waals surface area contributed by atoms with Crippen molar-refractivity contribution in [2.75, 3.05) is 7.11 Å². The van der Waals surface area contributed by atoms with Crippen LogP contribution in [0, 0.1) is 0 Å². The first-order chi connectivity index (χ1) is 10.1. The molecule has 1 aromatic carbocycles. The van der Waals surface area contributed by atoms with Gasteiger partial charge in [-0.25, -0.2) is 0 Å². The van der Waals surface area contributed by atoms with Gasteiger partial charge in [0.15, 0.2) is 0 Å². The molecular weight excluding hydrogens is 262 g/mol. The van der Waals surface area contributed by atoms with Crippen molar-refractivity contribution >= 4 is 0 Å². The van der Waals surface area contributed by atoms with E-state index in [1.54, 1.807) is 0 Å². The van der Waals surface area contributed by atoms with Crippen LogP contribution in [-0.4, -0.2) is 25.4 Å². The Morgan fingerprint density at radius 3 is 2.71 bits per heavy atom. The average molecular weight is 291 g/mol. The molecule has 3 atom stereocenters. The van der Waals surface area contributed by atoms with Crippen LogP contribution in [0.2, 0.25) is 0 Å². The van der Waals surface area contributed by atoms with E-state index in [9.17, 15) is 0 Å². The van der Waals surface area contributed by atoms with Gasteiger partial charge >= 0.3 is 0 Å². The molecule has 1 aromatic rings. The van der Waals surface area contributed by atoms with Gasteiger partial charge in [-0.15, -0.1) is 0 Å². The number of rotatable bonds is 6. The van der Waals surface area contributed by atoms with E-state index in [0.717, 1.165) is 12.2 Å². The summed E-state index contributed by atoms with van der Waals surface area (Å²) in [5, 5.41) is 3.74. The molecule has 118 valence electrons. The van der Waals surface area contributed by atoms with E-state index in [2.05, 4.69) is 44.3 Å². The average Bonchev–Trinajstić information content (AvgIpc) is 2.47. The minimum Gasteiger partial charge on any atom is -0.491 e. The van der Waals surface area contributed by atoms with Gasteiger partial charge in [0, 0.05) is 19.2 Å². The van der Waals surface area contributed by atoms with Crippen LogP contribution >= 0.6 is 0 Å². The van der Waals surface area contributed by atoms with Gasteiger partial charge in [-0.2, -0.15) is 0 Å². The minimum absolute atomic E-state index is 0.212. The number of benzene rings is 1. The molecule has 0 saturated heterocycles. The van der Waals surface area contributed by atoms with Gasteiger partial charge in [0.05, 0.1) is 12.2 Å². The van der Waals surface area contributed by atoms with Crippen molar-refractivity contribution in [1.82, 2.24) is 5.32 Å². The van der Waals surface area contributed by atoms with Gasteiger partial charge in [0.25, 0.3) is 0 Å². The quantitative estimate of drug-likeness (QED) is 0.856. The number of methoxy groups -OCH3 is 1. The van der Waals surface area contributed by atoms with Crippen LogP contribution in [0.25, 0.3) is 0 Å². The number of hydrogen-bond donors (Lipinski definition) is 1. The lowest BCUT2D eigenvalue weighted by molar-refractivity contribution is 0.0572. The first kappa shape index (κ1) is 16.3. The zero-order chi connectivity index (χ0) is 15.2. The van der Waals surface area contributed by atoms with Crippen LogP contribution in [0.5, 0.6) is 5.75 Å². The van der Waals surface area contributed by atoms with E-state index in [0.29, 0.717) is 18.2 Å². The summed E-state index contributed by atoms with van der Waals surface area (Å²) in [6.45, 7) is 6.34. The maximum Gasteiger partial charge on any atom is 0.120 e. The number of hydrogen-bond acceptors (Lipinski definition) is 3. The lowest BCUT2D eigenvalue weighted by atomic mass is 9.92. The Balaban J connectivity index is 1.94. The van der Waals surface area contributed by atoms with Crippen molar-refractivity contribution in [2.24, 2.45) is 0 Å². The molecule has 1 N–H and O–H groups in total. The highest BCUT2D eigenvalue weighted by Crippen LogP contribution is 2.25. The lowest BCUT2D eigenvalue weighted by Crippen LogP contribution is -2.38. The van der Waals surface area contributed by atoms with E-state index in [1.165, 1.54) is 24.8 Å². The van der Waals surface area contributed by atoms with Crippen molar-refractivity contribution in [3.05, 3.63) is 29.8 Å². The Labute approximate surface area is 129 Å². The van der Waals surface area contributed by atoms with Gasteiger partial charge in [-0.3, -0.25) is 0 Å². The van der Waals surface area contributed by atoms with Crippen molar-refractivity contribution in [3.8, 4) is 5.75 Å². The van der Waals surface area contributed by atoms with Gasteiger partial charge in [-0.1, -0.05) is 12.1 Å². The molecule has 1 aliphatic rings. The van der Waals surface area contributed by atoms with Gasteiger partial charge in [0.2, 0.25) is 0 Å². The summed E-state index contributed by atoms with van der Waals surface area (Å²) in [6, 6.07) is 9.30. The third kappa shape index (κ3) is 5.01. The highest BCUT2D eigenvalue weighted by atomic mass is 16.5.